The third-order valence-corrected chi connectivity index (χ3v) is 9.30. The minimum atomic E-state index is -0.175. The van der Waals surface area contributed by atoms with Crippen molar-refractivity contribution in [3.63, 3.8) is 0 Å². The third-order valence-electron chi connectivity index (χ3n) is 9.30. The van der Waals surface area contributed by atoms with Crippen LogP contribution in [-0.4, -0.2) is 42.2 Å². The fourth-order valence-electron chi connectivity index (χ4n) is 6.80. The van der Waals surface area contributed by atoms with Crippen LogP contribution >= 0.6 is 0 Å². The van der Waals surface area contributed by atoms with Crippen LogP contribution in [0.1, 0.15) is 126 Å². The highest BCUT2D eigenvalue weighted by Gasteiger charge is 2.14. The van der Waals surface area contributed by atoms with Crippen LogP contribution in [0.3, 0.4) is 0 Å². The van der Waals surface area contributed by atoms with Crippen molar-refractivity contribution in [2.45, 2.75) is 120 Å². The summed E-state index contributed by atoms with van der Waals surface area (Å²) in [6, 6.07) is 0. The zero-order chi connectivity index (χ0) is 39.6. The van der Waals surface area contributed by atoms with Gasteiger partial charge in [0.2, 0.25) is 0 Å². The monoisotopic (exact) mass is 732 g/mol. The zero-order valence-electron chi connectivity index (χ0n) is 33.6. The minimum Gasteiger partial charge on any atom is -0.512 e. The predicted molar refractivity (Wildman–Crippen MR) is 223 cm³/mol. The molecule has 288 valence electrons. The lowest BCUT2D eigenvalue weighted by Gasteiger charge is -2.08. The second-order valence-corrected chi connectivity index (χ2v) is 13.9. The molecule has 8 nitrogen and oxygen atoms in total. The summed E-state index contributed by atoms with van der Waals surface area (Å²) in [7, 11) is 0. The maximum absolute atomic E-state index is 11.9. The molecule has 4 rings (SSSR count). The SMILES string of the molecule is CC(=O)C(=C(/C)O)/C1=C/CC/C=C(/C(C(C)=O)=C(\C)O)\C=C/CCC/C=C\1.Cc1n[nH]c(C)c1C1=C/CC/C=C(c2c(C)n[nH]c2C)\C=C/CCC/C=C\1. The van der Waals surface area contributed by atoms with E-state index in [1.807, 2.05) is 36.5 Å². The molecule has 0 saturated heterocycles. The number of hydrogen-bond donors (Lipinski definition) is 4. The fourth-order valence-corrected chi connectivity index (χ4v) is 6.80. The van der Waals surface area contributed by atoms with E-state index in [1.54, 1.807) is 0 Å². The van der Waals surface area contributed by atoms with Gasteiger partial charge in [-0.2, -0.15) is 10.2 Å². The Hall–Kier alpha value is -5.24. The third kappa shape index (κ3) is 13.0. The zero-order valence-corrected chi connectivity index (χ0v) is 33.6. The molecule has 8 heteroatoms. The van der Waals surface area contributed by atoms with Crippen LogP contribution in [0.2, 0.25) is 0 Å². The van der Waals surface area contributed by atoms with Crippen molar-refractivity contribution in [3.05, 3.63) is 141 Å². The average Bonchev–Trinajstić information content (AvgIpc) is 3.63. The lowest BCUT2D eigenvalue weighted by molar-refractivity contribution is -0.114. The fraction of sp³-hybridized carbons (Fsp3) is 0.391. The van der Waals surface area contributed by atoms with Crippen molar-refractivity contribution in [1.29, 1.82) is 0 Å². The Balaban J connectivity index is 0.000000290. The minimum absolute atomic E-state index is 0.0123. The van der Waals surface area contributed by atoms with Crippen LogP contribution in [0.5, 0.6) is 0 Å². The number of aromatic amines is 2. The van der Waals surface area contributed by atoms with Gasteiger partial charge in [-0.3, -0.25) is 19.8 Å². The first-order chi connectivity index (χ1) is 25.8. The second kappa shape index (κ2) is 22.1. The Bertz CT molecular complexity index is 1760. The molecule has 2 aromatic rings. The van der Waals surface area contributed by atoms with Crippen LogP contribution in [-0.2, 0) is 9.59 Å². The molecule has 0 unspecified atom stereocenters. The van der Waals surface area contributed by atoms with Gasteiger partial charge in [0.25, 0.3) is 0 Å². The molecule has 0 aromatic carbocycles. The number of aromatic nitrogens is 4. The van der Waals surface area contributed by atoms with Crippen molar-refractivity contribution in [1.82, 2.24) is 20.4 Å². The van der Waals surface area contributed by atoms with Crippen molar-refractivity contribution < 1.29 is 19.8 Å². The summed E-state index contributed by atoms with van der Waals surface area (Å²) in [6.07, 6.45) is 34.6. The molecule has 0 fully saturated rings. The van der Waals surface area contributed by atoms with Crippen LogP contribution in [0.15, 0.2) is 107 Å². The van der Waals surface area contributed by atoms with Crippen molar-refractivity contribution >= 4 is 22.7 Å². The first-order valence-corrected chi connectivity index (χ1v) is 19.2. The summed E-state index contributed by atoms with van der Waals surface area (Å²) in [5, 5.41) is 34.8. The van der Waals surface area contributed by atoms with E-state index in [9.17, 15) is 19.8 Å². The highest BCUT2D eigenvalue weighted by Crippen LogP contribution is 2.27. The number of carbonyl (C=O) groups is 2. The largest absolute Gasteiger partial charge is 0.512 e. The van der Waals surface area contributed by atoms with Gasteiger partial charge in [0, 0.05) is 22.5 Å². The van der Waals surface area contributed by atoms with E-state index in [0.717, 1.165) is 74.1 Å². The molecule has 0 bridgehead atoms. The lowest BCUT2D eigenvalue weighted by Crippen LogP contribution is -2.03. The highest BCUT2D eigenvalue weighted by molar-refractivity contribution is 5.99. The number of aliphatic hydroxyl groups is 2. The van der Waals surface area contributed by atoms with E-state index in [1.165, 1.54) is 50.0 Å². The summed E-state index contributed by atoms with van der Waals surface area (Å²) in [4.78, 5) is 23.8. The molecule has 0 atom stereocenters. The van der Waals surface area contributed by atoms with Gasteiger partial charge in [0.1, 0.15) is 11.5 Å². The van der Waals surface area contributed by atoms with Gasteiger partial charge in [-0.25, -0.2) is 0 Å². The first kappa shape index (κ1) is 43.2. The predicted octanol–water partition coefficient (Wildman–Crippen LogP) is 11.7. The number of rotatable bonds is 6. The molecule has 54 heavy (non-hydrogen) atoms. The Morgan fingerprint density at radius 1 is 0.519 bits per heavy atom. The highest BCUT2D eigenvalue weighted by atomic mass is 16.3. The molecular formula is C46H60N4O4. The van der Waals surface area contributed by atoms with E-state index in [2.05, 4.69) is 84.5 Å². The number of hydrogen-bond acceptors (Lipinski definition) is 6. The van der Waals surface area contributed by atoms with Crippen LogP contribution in [0.4, 0.5) is 0 Å². The Kier molecular flexibility index (Phi) is 17.7. The van der Waals surface area contributed by atoms with Gasteiger partial charge in [0.15, 0.2) is 11.6 Å². The molecule has 0 aliphatic heterocycles. The maximum Gasteiger partial charge on any atom is 0.163 e. The molecule has 2 aliphatic rings. The van der Waals surface area contributed by atoms with Gasteiger partial charge < -0.3 is 10.2 Å². The number of carbonyl (C=O) groups excluding carboxylic acids is 2. The number of aliphatic hydroxyl groups excluding tert-OH is 2. The maximum atomic E-state index is 11.9. The molecule has 2 aromatic heterocycles. The smallest absolute Gasteiger partial charge is 0.163 e. The van der Waals surface area contributed by atoms with E-state index in [-0.39, 0.29) is 23.1 Å². The van der Waals surface area contributed by atoms with E-state index < -0.39 is 0 Å². The normalized spacial score (nSPS) is 23.4. The Morgan fingerprint density at radius 2 is 0.852 bits per heavy atom. The summed E-state index contributed by atoms with van der Waals surface area (Å²) < 4.78 is 0. The Labute approximate surface area is 322 Å². The van der Waals surface area contributed by atoms with Gasteiger partial charge in [-0.1, -0.05) is 72.9 Å². The van der Waals surface area contributed by atoms with E-state index >= 15 is 0 Å². The summed E-state index contributed by atoms with van der Waals surface area (Å²) in [5.41, 5.74) is 11.5. The van der Waals surface area contributed by atoms with Crippen LogP contribution < -0.4 is 0 Å². The number of Topliss-reactive ketones (excluding diaryl/α,β-unsaturated/α-hetero) is 2. The molecule has 2 heterocycles. The summed E-state index contributed by atoms with van der Waals surface area (Å²) >= 11 is 0. The number of nitrogens with zero attached hydrogens (tertiary/aromatic N) is 2. The van der Waals surface area contributed by atoms with Gasteiger partial charge in [-0.15, -0.1) is 0 Å². The number of ketones is 2. The van der Waals surface area contributed by atoms with Crippen LogP contribution in [0, 0.1) is 27.7 Å². The van der Waals surface area contributed by atoms with Crippen molar-refractivity contribution in [2.75, 3.05) is 0 Å². The number of allylic oxidation sites excluding steroid dienone is 20. The quantitative estimate of drug-likeness (QED) is 0.173. The Morgan fingerprint density at radius 3 is 1.15 bits per heavy atom. The molecule has 4 N–H and O–H groups in total. The van der Waals surface area contributed by atoms with Gasteiger partial charge in [-0.05, 0) is 142 Å². The lowest BCUT2D eigenvalue weighted by atomic mass is 9.97. The first-order valence-electron chi connectivity index (χ1n) is 19.2. The standard InChI is InChI=1S/C23H30N4.C23H30O4/c1-16-22(17(2)25-24-16)20-12-8-6-5-7-9-13-21(15-11-10-14-20)23-18(3)26-27-19(23)4;1-16(24)22(17(2)25)20-12-8-6-5-7-9-13-21(15-11-10-14-20)23(18(3)26)19(4)27/h8-9,12-15H,5-7,10-11H2,1-4H3,(H,24,25)(H,26,27);8-9,12-15,24,26H,5-7,10-11H2,1-4H3/b12-8-,13-9-,20-14+,21-15+;12-8-,13-9-,20-14+,21-15+,22-16+,23-18+. The molecule has 0 saturated carbocycles. The van der Waals surface area contributed by atoms with Gasteiger partial charge >= 0.3 is 0 Å². The molecular weight excluding hydrogens is 673 g/mol. The second-order valence-electron chi connectivity index (χ2n) is 13.9. The van der Waals surface area contributed by atoms with Crippen molar-refractivity contribution in [2.24, 2.45) is 0 Å². The number of H-pyrrole nitrogens is 2. The summed E-state index contributed by atoms with van der Waals surface area (Å²) in [5.74, 6) is -0.326. The molecule has 0 radical (unpaired) electrons. The van der Waals surface area contributed by atoms with E-state index in [0.29, 0.717) is 35.1 Å². The van der Waals surface area contributed by atoms with Gasteiger partial charge in [0.05, 0.1) is 22.5 Å². The summed E-state index contributed by atoms with van der Waals surface area (Å²) in [6.45, 7) is 14.3. The topological polar surface area (TPSA) is 132 Å². The average molecular weight is 733 g/mol. The molecule has 0 amide bonds. The van der Waals surface area contributed by atoms with E-state index in [4.69, 9.17) is 0 Å². The number of nitrogens with one attached hydrogen (secondary N) is 2. The molecule has 2 aliphatic carbocycles. The molecule has 0 spiro atoms. The van der Waals surface area contributed by atoms with Crippen molar-refractivity contribution in [3.8, 4) is 0 Å². The van der Waals surface area contributed by atoms with Crippen LogP contribution in [0.25, 0.3) is 11.1 Å². The number of aryl methyl sites for hydroxylation is 4.